The fourth-order valence-corrected chi connectivity index (χ4v) is 3.79. The van der Waals surface area contributed by atoms with E-state index in [1.165, 1.54) is 11.1 Å². The molecule has 0 unspecified atom stereocenters. The van der Waals surface area contributed by atoms with E-state index in [4.69, 9.17) is 0 Å². The molecule has 8 nitrogen and oxygen atoms in total. The normalized spacial score (nSPS) is 13.7. The van der Waals surface area contributed by atoms with Gasteiger partial charge < -0.3 is 5.32 Å². The Hall–Kier alpha value is -4.41. The summed E-state index contributed by atoms with van der Waals surface area (Å²) in [6.07, 6.45) is 0.448. The van der Waals surface area contributed by atoms with Gasteiger partial charge >= 0.3 is 12.2 Å². The van der Waals surface area contributed by atoms with Crippen LogP contribution in [0.2, 0.25) is 0 Å². The van der Waals surface area contributed by atoms with Gasteiger partial charge in [0.25, 0.3) is 0 Å². The number of H-pyrrole nitrogens is 1. The molecule has 0 saturated heterocycles. The summed E-state index contributed by atoms with van der Waals surface area (Å²) < 4.78 is 38.1. The number of halogens is 3. The topological polar surface area (TPSA) is 90.0 Å². The highest BCUT2D eigenvalue weighted by Gasteiger charge is 2.35. The lowest BCUT2D eigenvalue weighted by molar-refractivity contribution is -0.115. The maximum atomic E-state index is 13.7. The number of nitrogens with one attached hydrogen (secondary N) is 2. The van der Waals surface area contributed by atoms with Crippen LogP contribution in [0.3, 0.4) is 0 Å². The van der Waals surface area contributed by atoms with Crippen molar-refractivity contribution in [3.05, 3.63) is 78.2 Å². The number of nitrogens with zero attached hydrogens (tertiary/aromatic N) is 5. The van der Waals surface area contributed by atoms with Crippen LogP contribution in [0.4, 0.5) is 41.1 Å². The molecule has 2 amide bonds. The fraction of sp³-hybridized carbons (Fsp3) is 0.167. The lowest BCUT2D eigenvalue weighted by Gasteiger charge is -2.36. The largest absolute Gasteiger partial charge is 0.405 e. The average Bonchev–Trinajstić information content (AvgIpc) is 3.38. The molecule has 2 N–H and O–H groups in total. The van der Waals surface area contributed by atoms with Crippen LogP contribution in [-0.2, 0) is 6.54 Å². The predicted octanol–water partition coefficient (Wildman–Crippen LogP) is 5.43. The highest BCUT2D eigenvalue weighted by molar-refractivity contribution is 6.10. The lowest BCUT2D eigenvalue weighted by Crippen LogP contribution is -2.45. The number of aromatic nitrogens is 4. The summed E-state index contributed by atoms with van der Waals surface area (Å²) in [6, 6.07) is 14.3. The van der Waals surface area contributed by atoms with Crippen LogP contribution in [0, 0.1) is 6.92 Å². The van der Waals surface area contributed by atoms with Crippen LogP contribution in [0.15, 0.2) is 67.1 Å². The van der Waals surface area contributed by atoms with Crippen molar-refractivity contribution in [1.29, 1.82) is 0 Å². The van der Waals surface area contributed by atoms with Crippen molar-refractivity contribution in [3.8, 4) is 11.1 Å². The monoisotopic (exact) mass is 479 g/mol. The Labute approximate surface area is 198 Å². The average molecular weight is 479 g/mol. The zero-order chi connectivity index (χ0) is 24.6. The van der Waals surface area contributed by atoms with E-state index < -0.39 is 12.7 Å². The van der Waals surface area contributed by atoms with Gasteiger partial charge in [-0.15, -0.1) is 0 Å². The number of benzene rings is 2. The SMILES string of the molecule is Cc1ccc(N2Cc3cnc(NCC(F)(F)F)nc3N(c3ccc(-c4cn[nH]c4)cc3)C2=O)cc1. The van der Waals surface area contributed by atoms with Crippen LogP contribution >= 0.6 is 0 Å². The highest BCUT2D eigenvalue weighted by Crippen LogP contribution is 2.37. The first-order chi connectivity index (χ1) is 16.8. The number of aryl methyl sites for hydroxylation is 1. The van der Waals surface area contributed by atoms with Crippen molar-refractivity contribution < 1.29 is 18.0 Å². The number of amides is 2. The van der Waals surface area contributed by atoms with E-state index in [1.54, 1.807) is 29.4 Å². The maximum Gasteiger partial charge on any atom is 0.405 e. The van der Waals surface area contributed by atoms with Crippen molar-refractivity contribution in [3.63, 3.8) is 0 Å². The van der Waals surface area contributed by atoms with Gasteiger partial charge in [-0.05, 0) is 36.8 Å². The van der Waals surface area contributed by atoms with Crippen molar-refractivity contribution in [2.24, 2.45) is 0 Å². The first-order valence-electron chi connectivity index (χ1n) is 10.7. The van der Waals surface area contributed by atoms with Crippen molar-refractivity contribution in [2.75, 3.05) is 21.7 Å². The summed E-state index contributed by atoms with van der Waals surface area (Å²) in [5.41, 5.74) is 4.61. The number of fused-ring (bicyclic) bond motifs is 1. The molecule has 11 heteroatoms. The fourth-order valence-electron chi connectivity index (χ4n) is 3.79. The molecule has 0 aliphatic carbocycles. The number of carbonyl (C=O) groups excluding carboxylic acids is 1. The molecule has 4 aromatic rings. The molecule has 178 valence electrons. The van der Waals surface area contributed by atoms with Gasteiger partial charge in [-0.25, -0.2) is 14.7 Å². The van der Waals surface area contributed by atoms with Gasteiger partial charge in [0, 0.05) is 29.2 Å². The number of hydrogen-bond donors (Lipinski definition) is 2. The second kappa shape index (κ2) is 8.75. The molecule has 0 atom stereocenters. The minimum atomic E-state index is -4.43. The van der Waals surface area contributed by atoms with Crippen LogP contribution in [0.5, 0.6) is 0 Å². The van der Waals surface area contributed by atoms with Gasteiger partial charge in [-0.2, -0.15) is 23.3 Å². The summed E-state index contributed by atoms with van der Waals surface area (Å²) in [4.78, 5) is 25.0. The van der Waals surface area contributed by atoms with Gasteiger partial charge in [0.15, 0.2) is 5.82 Å². The third kappa shape index (κ3) is 4.65. The maximum absolute atomic E-state index is 13.7. The molecule has 2 aromatic heterocycles. The Balaban J connectivity index is 1.55. The van der Waals surface area contributed by atoms with Gasteiger partial charge in [0.1, 0.15) is 6.54 Å². The number of alkyl halides is 3. The number of hydrogen-bond acceptors (Lipinski definition) is 5. The molecule has 1 aliphatic rings. The van der Waals surface area contributed by atoms with E-state index in [1.807, 2.05) is 43.3 Å². The van der Waals surface area contributed by atoms with Crippen molar-refractivity contribution in [2.45, 2.75) is 19.6 Å². The third-order valence-corrected chi connectivity index (χ3v) is 5.55. The number of rotatable bonds is 5. The lowest BCUT2D eigenvalue weighted by atomic mass is 10.1. The van der Waals surface area contributed by atoms with E-state index in [9.17, 15) is 18.0 Å². The Kier molecular flexibility index (Phi) is 5.59. The summed E-state index contributed by atoms with van der Waals surface area (Å²) in [7, 11) is 0. The molecule has 0 saturated carbocycles. The van der Waals surface area contributed by atoms with Gasteiger partial charge in [0.2, 0.25) is 5.95 Å². The standard InChI is InChI=1S/C24H20F3N7O/c1-15-2-6-19(7-3-15)33-13-18-10-28-22(29-14-24(25,26)27)32-21(18)34(23(33)35)20-8-4-16(5-9-20)17-11-30-31-12-17/h2-12H,13-14H2,1H3,(H,30,31)(H,28,29,32). The van der Waals surface area contributed by atoms with E-state index in [-0.39, 0.29) is 24.3 Å². The van der Waals surface area contributed by atoms with E-state index in [0.717, 1.165) is 16.7 Å². The van der Waals surface area contributed by atoms with Gasteiger partial charge in [0.05, 0.1) is 18.4 Å². The summed E-state index contributed by atoms with van der Waals surface area (Å²) in [6.45, 7) is 0.850. The molecule has 3 heterocycles. The second-order valence-electron chi connectivity index (χ2n) is 8.08. The van der Waals surface area contributed by atoms with Crippen LogP contribution < -0.4 is 15.1 Å². The first kappa shape index (κ1) is 22.4. The number of anilines is 4. The molecule has 2 aromatic carbocycles. The number of urea groups is 1. The quantitative estimate of drug-likeness (QED) is 0.399. The molecule has 0 bridgehead atoms. The number of carbonyl (C=O) groups is 1. The van der Waals surface area contributed by atoms with Crippen LogP contribution in [-0.4, -0.2) is 38.9 Å². The minimum Gasteiger partial charge on any atom is -0.345 e. The summed E-state index contributed by atoms with van der Waals surface area (Å²) >= 11 is 0. The van der Waals surface area contributed by atoms with Gasteiger partial charge in [-0.1, -0.05) is 29.8 Å². The first-order valence-corrected chi connectivity index (χ1v) is 10.7. The Bertz CT molecular complexity index is 1340. The molecule has 0 spiro atoms. The third-order valence-electron chi connectivity index (χ3n) is 5.55. The molecule has 1 aliphatic heterocycles. The Morgan fingerprint density at radius 3 is 2.37 bits per heavy atom. The molecular formula is C24H20F3N7O. The van der Waals surface area contributed by atoms with Crippen molar-refractivity contribution >= 4 is 29.2 Å². The van der Waals surface area contributed by atoms with Crippen LogP contribution in [0.25, 0.3) is 11.1 Å². The zero-order valence-corrected chi connectivity index (χ0v) is 18.5. The van der Waals surface area contributed by atoms with Crippen LogP contribution in [0.1, 0.15) is 11.1 Å². The van der Waals surface area contributed by atoms with E-state index in [2.05, 4.69) is 25.5 Å². The molecule has 0 radical (unpaired) electrons. The van der Waals surface area contributed by atoms with E-state index >= 15 is 0 Å². The summed E-state index contributed by atoms with van der Waals surface area (Å²) in [5, 5.41) is 8.89. The molecule has 0 fully saturated rings. The molecule has 35 heavy (non-hydrogen) atoms. The smallest absolute Gasteiger partial charge is 0.345 e. The predicted molar refractivity (Wildman–Crippen MR) is 125 cm³/mol. The minimum absolute atomic E-state index is 0.181. The van der Waals surface area contributed by atoms with Gasteiger partial charge in [-0.3, -0.25) is 10.00 Å². The molecule has 5 rings (SSSR count). The summed E-state index contributed by atoms with van der Waals surface area (Å²) in [5.74, 6) is 0.0202. The van der Waals surface area contributed by atoms with E-state index in [0.29, 0.717) is 16.9 Å². The van der Waals surface area contributed by atoms with Crippen molar-refractivity contribution in [1.82, 2.24) is 20.2 Å². The highest BCUT2D eigenvalue weighted by atomic mass is 19.4. The molecular weight excluding hydrogens is 459 g/mol. The number of aromatic amines is 1. The second-order valence-corrected chi connectivity index (χ2v) is 8.08. The Morgan fingerprint density at radius 1 is 1.00 bits per heavy atom. The Morgan fingerprint density at radius 2 is 1.71 bits per heavy atom. The zero-order valence-electron chi connectivity index (χ0n) is 18.5.